The fourth-order valence-electron chi connectivity index (χ4n) is 2.86. The summed E-state index contributed by atoms with van der Waals surface area (Å²) < 4.78 is 1.87. The molecule has 1 aromatic heterocycles. The summed E-state index contributed by atoms with van der Waals surface area (Å²) in [5.41, 5.74) is 7.20. The molecule has 0 bridgehead atoms. The number of nitrogens with two attached hydrogens (primary N) is 1. The van der Waals surface area contributed by atoms with Crippen LogP contribution in [0, 0.1) is 0 Å². The molecule has 0 atom stereocenters. The van der Waals surface area contributed by atoms with Crippen LogP contribution in [0.15, 0.2) is 43.0 Å². The van der Waals surface area contributed by atoms with Gasteiger partial charge in [-0.25, -0.2) is 4.98 Å². The standard InChI is InChI=1S/C16H20N4O/c17-16(8-4-1-5-9-16)15(21)19-13-6-2-3-7-14(13)20-11-10-18-12-20/h2-3,6-7,10-12H,1,4-5,8-9,17H2,(H,19,21). The van der Waals surface area contributed by atoms with Gasteiger partial charge < -0.3 is 15.6 Å². The van der Waals surface area contributed by atoms with Gasteiger partial charge in [0.2, 0.25) is 5.91 Å². The Kier molecular flexibility index (Phi) is 3.75. The molecule has 1 heterocycles. The maximum atomic E-state index is 12.6. The first kappa shape index (κ1) is 13.8. The van der Waals surface area contributed by atoms with E-state index in [0.717, 1.165) is 43.5 Å². The SMILES string of the molecule is NC1(C(=O)Nc2ccccc2-n2ccnc2)CCCCC1. The van der Waals surface area contributed by atoms with E-state index < -0.39 is 5.54 Å². The van der Waals surface area contributed by atoms with Gasteiger partial charge in [0.05, 0.1) is 23.2 Å². The van der Waals surface area contributed by atoms with Crippen LogP contribution in [-0.2, 0) is 4.79 Å². The van der Waals surface area contributed by atoms with Gasteiger partial charge >= 0.3 is 0 Å². The van der Waals surface area contributed by atoms with Gasteiger partial charge in [0.15, 0.2) is 0 Å². The fourth-order valence-corrected chi connectivity index (χ4v) is 2.86. The van der Waals surface area contributed by atoms with E-state index in [2.05, 4.69) is 10.3 Å². The highest BCUT2D eigenvalue weighted by Gasteiger charge is 2.35. The lowest BCUT2D eigenvalue weighted by molar-refractivity contribution is -0.122. The van der Waals surface area contributed by atoms with Crippen molar-refractivity contribution in [3.05, 3.63) is 43.0 Å². The smallest absolute Gasteiger partial charge is 0.244 e. The van der Waals surface area contributed by atoms with E-state index in [4.69, 9.17) is 5.73 Å². The molecular formula is C16H20N4O. The van der Waals surface area contributed by atoms with Crippen molar-refractivity contribution in [1.29, 1.82) is 0 Å². The number of imidazole rings is 1. The number of para-hydroxylation sites is 2. The minimum atomic E-state index is -0.736. The summed E-state index contributed by atoms with van der Waals surface area (Å²) in [5.74, 6) is -0.0882. The molecule has 21 heavy (non-hydrogen) atoms. The van der Waals surface area contributed by atoms with E-state index in [0.29, 0.717) is 0 Å². The lowest BCUT2D eigenvalue weighted by atomic mass is 9.82. The number of nitrogens with zero attached hydrogens (tertiary/aromatic N) is 2. The van der Waals surface area contributed by atoms with E-state index in [9.17, 15) is 4.79 Å². The zero-order valence-corrected chi connectivity index (χ0v) is 12.0. The second-order valence-electron chi connectivity index (χ2n) is 5.66. The minimum Gasteiger partial charge on any atom is -0.323 e. The van der Waals surface area contributed by atoms with Crippen molar-refractivity contribution in [2.45, 2.75) is 37.6 Å². The van der Waals surface area contributed by atoms with Crippen LogP contribution in [0.5, 0.6) is 0 Å². The van der Waals surface area contributed by atoms with Crippen molar-refractivity contribution in [1.82, 2.24) is 9.55 Å². The first-order chi connectivity index (χ1) is 10.2. The normalized spacial score (nSPS) is 17.4. The third-order valence-electron chi connectivity index (χ3n) is 4.13. The molecule has 1 aromatic carbocycles. The Hall–Kier alpha value is -2.14. The second kappa shape index (κ2) is 5.69. The van der Waals surface area contributed by atoms with Gasteiger partial charge in [-0.15, -0.1) is 0 Å². The summed E-state index contributed by atoms with van der Waals surface area (Å²) in [5, 5.41) is 3.00. The van der Waals surface area contributed by atoms with E-state index >= 15 is 0 Å². The Morgan fingerprint density at radius 2 is 2.00 bits per heavy atom. The molecule has 0 aliphatic heterocycles. The number of carbonyl (C=O) groups excluding carboxylic acids is 1. The van der Waals surface area contributed by atoms with Crippen molar-refractivity contribution >= 4 is 11.6 Å². The maximum absolute atomic E-state index is 12.6. The molecule has 5 heteroatoms. The van der Waals surface area contributed by atoms with Gasteiger partial charge in [-0.1, -0.05) is 31.4 Å². The van der Waals surface area contributed by atoms with E-state index in [1.54, 1.807) is 12.5 Å². The average Bonchev–Trinajstić information content (AvgIpc) is 3.02. The fraction of sp³-hybridized carbons (Fsp3) is 0.375. The maximum Gasteiger partial charge on any atom is 0.244 e. The van der Waals surface area contributed by atoms with Crippen LogP contribution in [0.3, 0.4) is 0 Å². The van der Waals surface area contributed by atoms with Crippen LogP contribution >= 0.6 is 0 Å². The molecular weight excluding hydrogens is 264 g/mol. The Bertz CT molecular complexity index is 615. The molecule has 3 rings (SSSR count). The lowest BCUT2D eigenvalue weighted by Crippen LogP contribution is -2.52. The Morgan fingerprint density at radius 1 is 1.24 bits per heavy atom. The lowest BCUT2D eigenvalue weighted by Gasteiger charge is -2.32. The van der Waals surface area contributed by atoms with E-state index in [-0.39, 0.29) is 5.91 Å². The quantitative estimate of drug-likeness (QED) is 0.909. The molecule has 1 fully saturated rings. The van der Waals surface area contributed by atoms with Gasteiger partial charge in [0.25, 0.3) is 0 Å². The number of benzene rings is 1. The topological polar surface area (TPSA) is 72.9 Å². The summed E-state index contributed by atoms with van der Waals surface area (Å²) in [4.78, 5) is 16.6. The zero-order chi connectivity index (χ0) is 14.7. The molecule has 110 valence electrons. The van der Waals surface area contributed by atoms with Gasteiger partial charge in [0.1, 0.15) is 0 Å². The van der Waals surface area contributed by atoms with E-state index in [1.807, 2.05) is 35.0 Å². The van der Waals surface area contributed by atoms with Crippen LogP contribution < -0.4 is 11.1 Å². The summed E-state index contributed by atoms with van der Waals surface area (Å²) in [6.45, 7) is 0. The third kappa shape index (κ3) is 2.83. The highest BCUT2D eigenvalue weighted by Crippen LogP contribution is 2.28. The molecule has 0 unspecified atom stereocenters. The molecule has 1 saturated carbocycles. The predicted molar refractivity (Wildman–Crippen MR) is 82.2 cm³/mol. The van der Waals surface area contributed by atoms with Crippen LogP contribution in [-0.4, -0.2) is 21.0 Å². The Morgan fingerprint density at radius 3 is 2.71 bits per heavy atom. The van der Waals surface area contributed by atoms with Crippen molar-refractivity contribution in [2.24, 2.45) is 5.73 Å². The molecule has 0 saturated heterocycles. The number of aromatic nitrogens is 2. The van der Waals surface area contributed by atoms with E-state index in [1.165, 1.54) is 0 Å². The summed E-state index contributed by atoms with van der Waals surface area (Å²) in [6.07, 6.45) is 9.99. The summed E-state index contributed by atoms with van der Waals surface area (Å²) in [7, 11) is 0. The number of carbonyl (C=O) groups is 1. The Labute approximate surface area is 124 Å². The van der Waals surface area contributed by atoms with Gasteiger partial charge in [-0.05, 0) is 25.0 Å². The molecule has 3 N–H and O–H groups in total. The highest BCUT2D eigenvalue weighted by atomic mass is 16.2. The van der Waals surface area contributed by atoms with Crippen molar-refractivity contribution < 1.29 is 4.79 Å². The van der Waals surface area contributed by atoms with Crippen LogP contribution in [0.1, 0.15) is 32.1 Å². The first-order valence-electron chi connectivity index (χ1n) is 7.37. The molecule has 1 aliphatic carbocycles. The van der Waals surface area contributed by atoms with Gasteiger partial charge in [-0.3, -0.25) is 4.79 Å². The Balaban J connectivity index is 1.83. The largest absolute Gasteiger partial charge is 0.323 e. The highest BCUT2D eigenvalue weighted by molar-refractivity contribution is 5.99. The number of rotatable bonds is 3. The monoisotopic (exact) mass is 284 g/mol. The number of amides is 1. The molecule has 0 radical (unpaired) electrons. The second-order valence-corrected chi connectivity index (χ2v) is 5.66. The first-order valence-corrected chi connectivity index (χ1v) is 7.37. The van der Waals surface area contributed by atoms with Gasteiger partial charge in [0, 0.05) is 12.4 Å². The zero-order valence-electron chi connectivity index (χ0n) is 12.0. The number of anilines is 1. The average molecular weight is 284 g/mol. The summed E-state index contributed by atoms with van der Waals surface area (Å²) >= 11 is 0. The van der Waals surface area contributed by atoms with Crippen LogP contribution in [0.25, 0.3) is 5.69 Å². The molecule has 5 nitrogen and oxygen atoms in total. The van der Waals surface area contributed by atoms with Crippen molar-refractivity contribution in [2.75, 3.05) is 5.32 Å². The molecule has 1 amide bonds. The van der Waals surface area contributed by atoms with Crippen LogP contribution in [0.4, 0.5) is 5.69 Å². The van der Waals surface area contributed by atoms with Crippen LogP contribution in [0.2, 0.25) is 0 Å². The third-order valence-corrected chi connectivity index (χ3v) is 4.13. The predicted octanol–water partition coefficient (Wildman–Crippen LogP) is 2.47. The molecule has 0 spiro atoms. The molecule has 2 aromatic rings. The van der Waals surface area contributed by atoms with Crippen molar-refractivity contribution in [3.63, 3.8) is 0 Å². The number of hydrogen-bond acceptors (Lipinski definition) is 3. The number of nitrogens with one attached hydrogen (secondary N) is 1. The van der Waals surface area contributed by atoms with Crippen molar-refractivity contribution in [3.8, 4) is 5.69 Å². The minimum absolute atomic E-state index is 0.0882. The molecule has 1 aliphatic rings. The number of hydrogen-bond donors (Lipinski definition) is 2. The summed E-state index contributed by atoms with van der Waals surface area (Å²) in [6, 6.07) is 7.67. The van der Waals surface area contributed by atoms with Gasteiger partial charge in [-0.2, -0.15) is 0 Å².